The molecule has 0 aromatic carbocycles. The lowest BCUT2D eigenvalue weighted by Crippen LogP contribution is -2.65. The van der Waals surface area contributed by atoms with Gasteiger partial charge in [0.1, 0.15) is 29.9 Å². The van der Waals surface area contributed by atoms with Crippen LogP contribution in [0.15, 0.2) is 0 Å². The highest BCUT2D eigenvalue weighted by Crippen LogP contribution is 2.30. The summed E-state index contributed by atoms with van der Waals surface area (Å²) in [7, 11) is 0. The van der Waals surface area contributed by atoms with Gasteiger partial charge in [0.2, 0.25) is 5.91 Å². The van der Waals surface area contributed by atoms with Gasteiger partial charge in [0.25, 0.3) is 0 Å². The number of aliphatic hydroxyl groups excluding tert-OH is 3. The van der Waals surface area contributed by atoms with Gasteiger partial charge in [0, 0.05) is 0 Å². The molecule has 5 N–H and O–H groups in total. The van der Waals surface area contributed by atoms with E-state index in [0.717, 1.165) is 25.8 Å². The number of aliphatic hydroxyl groups is 3. The molecule has 2 aliphatic rings. The third-order valence-electron chi connectivity index (χ3n) is 6.59. The monoisotopic (exact) mass is 480 g/mol. The van der Waals surface area contributed by atoms with Crippen LogP contribution in [0.3, 0.4) is 0 Å². The molecule has 0 aromatic heterocycles. The van der Waals surface area contributed by atoms with Gasteiger partial charge >= 0.3 is 0 Å². The van der Waals surface area contributed by atoms with Gasteiger partial charge < -0.3 is 30.7 Å². The van der Waals surface area contributed by atoms with Crippen LogP contribution in [0.25, 0.3) is 0 Å². The first-order valence-electron chi connectivity index (χ1n) is 11.7. The Morgan fingerprint density at radius 1 is 1.16 bits per heavy atom. The summed E-state index contributed by atoms with van der Waals surface area (Å²) in [4.78, 5) is 13.0. The highest BCUT2D eigenvalue weighted by molar-refractivity contribution is 7.99. The van der Waals surface area contributed by atoms with E-state index in [2.05, 4.69) is 17.6 Å². The number of ether oxygens (including phenoxy) is 1. The Balaban J connectivity index is 1.94. The number of nitrogens with one attached hydrogen (secondary N) is 2. The number of halogens is 1. The second-order valence-electron chi connectivity index (χ2n) is 8.98. The van der Waals surface area contributed by atoms with Crippen LogP contribution in [0.5, 0.6) is 0 Å². The van der Waals surface area contributed by atoms with Crippen LogP contribution in [0.1, 0.15) is 65.2 Å². The average molecular weight is 481 g/mol. The number of hydrogen-bond acceptors (Lipinski definition) is 7. The highest BCUT2D eigenvalue weighted by atomic mass is 35.5. The second kappa shape index (κ2) is 13.6. The highest BCUT2D eigenvalue weighted by Gasteiger charge is 2.48. The summed E-state index contributed by atoms with van der Waals surface area (Å²) in [5.74, 6) is 0.480. The van der Waals surface area contributed by atoms with Crippen LogP contribution in [0.4, 0.5) is 0 Å². The molecule has 2 fully saturated rings. The molecule has 2 rings (SSSR count). The first-order valence-corrected chi connectivity index (χ1v) is 13.4. The summed E-state index contributed by atoms with van der Waals surface area (Å²) in [6.07, 6.45) is 6.04. The number of carbonyl (C=O) groups is 1. The first kappa shape index (κ1) is 27.2. The van der Waals surface area contributed by atoms with Gasteiger partial charge in [0.15, 0.2) is 0 Å². The van der Waals surface area contributed by atoms with E-state index in [1.54, 1.807) is 13.2 Å². The lowest BCUT2D eigenvalue weighted by molar-refractivity contribution is -0.205. The number of thioether (sulfide) groups is 1. The van der Waals surface area contributed by atoms with Crippen LogP contribution in [0.2, 0.25) is 0 Å². The first-order chi connectivity index (χ1) is 14.8. The van der Waals surface area contributed by atoms with Crippen molar-refractivity contribution in [2.45, 2.75) is 113 Å². The van der Waals surface area contributed by atoms with Crippen LogP contribution < -0.4 is 10.6 Å². The maximum absolute atomic E-state index is 13.0. The van der Waals surface area contributed by atoms with Crippen LogP contribution >= 0.6 is 23.4 Å². The topological polar surface area (TPSA) is 111 Å². The predicted octanol–water partition coefficient (Wildman–Crippen LogP) is 2.00. The van der Waals surface area contributed by atoms with Crippen LogP contribution in [-0.4, -0.2) is 81.3 Å². The van der Waals surface area contributed by atoms with Gasteiger partial charge in [-0.05, 0) is 44.9 Å². The van der Waals surface area contributed by atoms with E-state index in [1.165, 1.54) is 43.9 Å². The molecular weight excluding hydrogens is 440 g/mol. The fourth-order valence-electron chi connectivity index (χ4n) is 4.57. The molecule has 31 heavy (non-hydrogen) atoms. The smallest absolute Gasteiger partial charge is 0.237 e. The lowest BCUT2D eigenvalue weighted by atomic mass is 9.92. The van der Waals surface area contributed by atoms with E-state index in [4.69, 9.17) is 16.3 Å². The van der Waals surface area contributed by atoms with Gasteiger partial charge in [-0.25, -0.2) is 0 Å². The Morgan fingerprint density at radius 2 is 1.90 bits per heavy atom. The third-order valence-corrected chi connectivity index (χ3v) is 7.71. The molecule has 2 heterocycles. The number of hydrogen-bond donors (Lipinski definition) is 5. The number of unbranched alkanes of at least 4 members (excludes halogenated alkanes) is 3. The normalized spacial score (nSPS) is 36.4. The SMILES string of the molecule is CCCCCCC1CCNC(C(=O)NC(C(C)Cl)C2OC(SC)C(O)C(O)C2O)CC1. The molecular formula is C22H41ClN2O5S. The number of alkyl halides is 1. The minimum atomic E-state index is -1.37. The molecule has 0 bridgehead atoms. The standard InChI is InChI=1S/C22H41ClN2O5S/c1-4-5-6-7-8-14-9-10-15(24-12-11-14)21(29)25-16(13(2)23)20-18(27)17(26)19(28)22(30-20)31-3/h13-20,22,24,26-28H,4-12H2,1-3H3,(H,25,29). The van der Waals surface area contributed by atoms with Gasteiger partial charge in [0.05, 0.1) is 17.5 Å². The molecule has 9 unspecified atom stereocenters. The zero-order valence-electron chi connectivity index (χ0n) is 19.0. The minimum Gasteiger partial charge on any atom is -0.388 e. The lowest BCUT2D eigenvalue weighted by Gasteiger charge is -2.44. The van der Waals surface area contributed by atoms with Crippen molar-refractivity contribution in [3.05, 3.63) is 0 Å². The van der Waals surface area contributed by atoms with Gasteiger partial charge in [-0.2, -0.15) is 0 Å². The molecule has 0 aromatic rings. The Kier molecular flexibility index (Phi) is 11.9. The van der Waals surface area contributed by atoms with Crippen molar-refractivity contribution in [1.82, 2.24) is 10.6 Å². The molecule has 7 nitrogen and oxygen atoms in total. The molecule has 0 radical (unpaired) electrons. The van der Waals surface area contributed by atoms with Gasteiger partial charge in [-0.1, -0.05) is 39.0 Å². The van der Waals surface area contributed by atoms with Gasteiger partial charge in [-0.3, -0.25) is 4.79 Å². The average Bonchev–Trinajstić information content (AvgIpc) is 2.99. The van der Waals surface area contributed by atoms with E-state index in [1.807, 2.05) is 0 Å². The Bertz CT molecular complexity index is 542. The van der Waals surface area contributed by atoms with Crippen LogP contribution in [0, 0.1) is 5.92 Å². The van der Waals surface area contributed by atoms with E-state index in [0.29, 0.717) is 5.92 Å². The molecule has 9 atom stereocenters. The van der Waals surface area contributed by atoms with Crippen molar-refractivity contribution >= 4 is 29.3 Å². The molecule has 0 saturated carbocycles. The fraction of sp³-hybridized carbons (Fsp3) is 0.955. The van der Waals surface area contributed by atoms with E-state index in [9.17, 15) is 20.1 Å². The molecule has 2 aliphatic heterocycles. The largest absolute Gasteiger partial charge is 0.388 e. The van der Waals surface area contributed by atoms with Crippen molar-refractivity contribution < 1.29 is 24.9 Å². The summed E-state index contributed by atoms with van der Waals surface area (Å²) in [6, 6.07) is -1.01. The molecule has 1 amide bonds. The number of carbonyl (C=O) groups excluding carboxylic acids is 1. The molecule has 182 valence electrons. The maximum Gasteiger partial charge on any atom is 0.237 e. The number of amides is 1. The minimum absolute atomic E-state index is 0.166. The van der Waals surface area contributed by atoms with Crippen molar-refractivity contribution in [3.63, 3.8) is 0 Å². The summed E-state index contributed by atoms with van der Waals surface area (Å²) in [5, 5.41) is 36.6. The molecule has 9 heteroatoms. The van der Waals surface area contributed by atoms with Crippen molar-refractivity contribution in [2.75, 3.05) is 12.8 Å². The summed E-state index contributed by atoms with van der Waals surface area (Å²) in [5.41, 5.74) is -0.706. The molecule has 0 aliphatic carbocycles. The van der Waals surface area contributed by atoms with E-state index >= 15 is 0 Å². The zero-order chi connectivity index (χ0) is 23.0. The Labute approximate surface area is 196 Å². The zero-order valence-corrected chi connectivity index (χ0v) is 20.6. The third kappa shape index (κ3) is 7.73. The van der Waals surface area contributed by atoms with Crippen molar-refractivity contribution in [3.8, 4) is 0 Å². The van der Waals surface area contributed by atoms with Crippen molar-refractivity contribution in [1.29, 1.82) is 0 Å². The summed E-state index contributed by atoms with van der Waals surface area (Å²) >= 11 is 7.60. The second-order valence-corrected chi connectivity index (χ2v) is 10.6. The quantitative estimate of drug-likeness (QED) is 0.240. The summed E-state index contributed by atoms with van der Waals surface area (Å²) < 4.78 is 5.83. The fourth-order valence-corrected chi connectivity index (χ4v) is 5.46. The maximum atomic E-state index is 13.0. The molecule has 0 spiro atoms. The van der Waals surface area contributed by atoms with E-state index in [-0.39, 0.29) is 11.9 Å². The van der Waals surface area contributed by atoms with Crippen molar-refractivity contribution in [2.24, 2.45) is 5.92 Å². The van der Waals surface area contributed by atoms with E-state index < -0.39 is 41.3 Å². The Hall–Kier alpha value is -0.0900. The van der Waals surface area contributed by atoms with Gasteiger partial charge in [-0.15, -0.1) is 23.4 Å². The van der Waals surface area contributed by atoms with Crippen LogP contribution in [-0.2, 0) is 9.53 Å². The predicted molar refractivity (Wildman–Crippen MR) is 125 cm³/mol. The summed E-state index contributed by atoms with van der Waals surface area (Å²) in [6.45, 7) is 4.75. The molecule has 2 saturated heterocycles. The number of rotatable bonds is 10. The Morgan fingerprint density at radius 3 is 2.55 bits per heavy atom.